The van der Waals surface area contributed by atoms with Crippen LogP contribution >= 0.6 is 0 Å². The Morgan fingerprint density at radius 2 is 2.00 bits per heavy atom. The largest absolute Gasteiger partial charge is 0.443 e. The molecular weight excluding hydrogens is 290 g/mol. The molecule has 1 saturated carbocycles. The minimum Gasteiger partial charge on any atom is -0.443 e. The molecule has 1 aromatic rings. The van der Waals surface area contributed by atoms with E-state index >= 15 is 0 Å². The van der Waals surface area contributed by atoms with Crippen molar-refractivity contribution in [2.45, 2.75) is 50.7 Å². The van der Waals surface area contributed by atoms with Crippen molar-refractivity contribution in [2.75, 3.05) is 13.1 Å². The molecule has 1 aromatic carbocycles. The molecule has 0 aromatic heterocycles. The first kappa shape index (κ1) is 15.0. The summed E-state index contributed by atoms with van der Waals surface area (Å²) in [6, 6.07) is 8.38. The van der Waals surface area contributed by atoms with Gasteiger partial charge in [-0.15, -0.1) is 0 Å². The van der Waals surface area contributed by atoms with Crippen LogP contribution in [0.15, 0.2) is 24.3 Å². The Labute approximate surface area is 137 Å². The van der Waals surface area contributed by atoms with E-state index in [1.54, 1.807) is 0 Å². The van der Waals surface area contributed by atoms with Crippen molar-refractivity contribution in [1.82, 2.24) is 4.90 Å². The first-order valence-electron chi connectivity index (χ1n) is 8.68. The molecule has 4 rings (SSSR count). The minimum absolute atomic E-state index is 0.136. The number of rotatable bonds is 0. The fourth-order valence-corrected chi connectivity index (χ4v) is 4.86. The Balaban J connectivity index is 1.84. The number of amides is 1. The Morgan fingerprint density at radius 1 is 1.22 bits per heavy atom. The maximum Gasteiger partial charge on any atom is 0.410 e. The van der Waals surface area contributed by atoms with E-state index in [4.69, 9.17) is 4.74 Å². The number of benzene rings is 1. The van der Waals surface area contributed by atoms with Gasteiger partial charge in [-0.2, -0.15) is 0 Å². The molecule has 1 aliphatic carbocycles. The molecule has 2 heterocycles. The second-order valence-electron chi connectivity index (χ2n) is 8.00. The van der Waals surface area contributed by atoms with Crippen LogP contribution in [0.2, 0.25) is 0 Å². The first-order valence-corrected chi connectivity index (χ1v) is 8.68. The summed E-state index contributed by atoms with van der Waals surface area (Å²) in [5.41, 5.74) is 1.92. The number of cyclic esters (lactones) is 1. The number of hydrogen-bond donors (Lipinski definition) is 1. The van der Waals surface area contributed by atoms with Gasteiger partial charge in [0.1, 0.15) is 5.60 Å². The van der Waals surface area contributed by atoms with Gasteiger partial charge < -0.3 is 14.7 Å². The van der Waals surface area contributed by atoms with E-state index in [1.807, 2.05) is 24.8 Å². The van der Waals surface area contributed by atoms with E-state index in [0.29, 0.717) is 24.8 Å². The van der Waals surface area contributed by atoms with Crippen LogP contribution in [0.1, 0.15) is 43.7 Å². The number of aliphatic hydroxyl groups is 1. The third-order valence-electron chi connectivity index (χ3n) is 5.85. The number of carbonyl (C=O) groups is 1. The molecule has 0 spiro atoms. The molecule has 2 aliphatic heterocycles. The Bertz CT molecular complexity index is 627. The molecule has 1 amide bonds. The topological polar surface area (TPSA) is 49.8 Å². The van der Waals surface area contributed by atoms with Crippen molar-refractivity contribution in [2.24, 2.45) is 11.8 Å². The van der Waals surface area contributed by atoms with Crippen LogP contribution in [0.3, 0.4) is 0 Å². The molecule has 4 nitrogen and oxygen atoms in total. The summed E-state index contributed by atoms with van der Waals surface area (Å²) in [5, 5.41) is 10.7. The predicted octanol–water partition coefficient (Wildman–Crippen LogP) is 2.94. The van der Waals surface area contributed by atoms with Crippen molar-refractivity contribution in [3.05, 3.63) is 35.4 Å². The van der Waals surface area contributed by atoms with Gasteiger partial charge in [-0.25, -0.2) is 4.79 Å². The highest BCUT2D eigenvalue weighted by Gasteiger charge is 2.48. The van der Waals surface area contributed by atoms with Crippen LogP contribution in [0.4, 0.5) is 4.79 Å². The molecule has 23 heavy (non-hydrogen) atoms. The molecule has 0 radical (unpaired) electrons. The Kier molecular flexibility index (Phi) is 3.41. The van der Waals surface area contributed by atoms with Crippen LogP contribution in [-0.2, 0) is 11.2 Å². The van der Waals surface area contributed by atoms with Crippen molar-refractivity contribution in [3.8, 4) is 0 Å². The van der Waals surface area contributed by atoms with Gasteiger partial charge in [0.2, 0.25) is 0 Å². The van der Waals surface area contributed by atoms with Crippen LogP contribution in [0, 0.1) is 11.8 Å². The van der Waals surface area contributed by atoms with Crippen LogP contribution in [0.25, 0.3) is 0 Å². The number of ether oxygens (including phenoxy) is 1. The summed E-state index contributed by atoms with van der Waals surface area (Å²) in [7, 11) is 0. The fraction of sp³-hybridized carbons (Fsp3) is 0.632. The highest BCUT2D eigenvalue weighted by molar-refractivity contribution is 5.69. The van der Waals surface area contributed by atoms with Gasteiger partial charge in [0.05, 0.1) is 6.10 Å². The molecule has 124 valence electrons. The van der Waals surface area contributed by atoms with Gasteiger partial charge in [0, 0.05) is 25.4 Å². The van der Waals surface area contributed by atoms with Crippen molar-refractivity contribution >= 4 is 6.09 Å². The molecule has 4 atom stereocenters. The highest BCUT2D eigenvalue weighted by atomic mass is 16.6. The second kappa shape index (κ2) is 5.23. The first-order chi connectivity index (χ1) is 10.9. The lowest BCUT2D eigenvalue weighted by Crippen LogP contribution is -2.41. The van der Waals surface area contributed by atoms with Gasteiger partial charge >= 0.3 is 6.09 Å². The quantitative estimate of drug-likeness (QED) is 0.801. The Morgan fingerprint density at radius 3 is 2.83 bits per heavy atom. The number of nitrogens with zero attached hydrogens (tertiary/aromatic N) is 1. The molecule has 1 unspecified atom stereocenters. The SMILES string of the molecule is CC1(C)Cc2ccccc2[C@H]2C3CN(C[C@H]3CC[C@@H]2O)C(=O)O1. The number of fused-ring (bicyclic) bond motifs is 3. The monoisotopic (exact) mass is 315 g/mol. The van der Waals surface area contributed by atoms with Crippen LogP contribution in [0.5, 0.6) is 0 Å². The molecule has 1 saturated heterocycles. The van der Waals surface area contributed by atoms with Crippen molar-refractivity contribution in [1.29, 1.82) is 0 Å². The van der Waals surface area contributed by atoms with E-state index in [1.165, 1.54) is 11.1 Å². The average molecular weight is 315 g/mol. The summed E-state index contributed by atoms with van der Waals surface area (Å²) in [5.74, 6) is 0.954. The summed E-state index contributed by atoms with van der Waals surface area (Å²) in [6.45, 7) is 5.42. The maximum atomic E-state index is 12.5. The van der Waals surface area contributed by atoms with Gasteiger partial charge in [0.25, 0.3) is 0 Å². The molecule has 2 bridgehead atoms. The number of aliphatic hydroxyl groups excluding tert-OH is 1. The zero-order chi connectivity index (χ0) is 16.2. The molecule has 3 aliphatic rings. The summed E-state index contributed by atoms with van der Waals surface area (Å²) in [6.07, 6.45) is 2.00. The number of hydrogen-bond acceptors (Lipinski definition) is 3. The highest BCUT2D eigenvalue weighted by Crippen LogP contribution is 2.47. The molecular formula is C19H25NO3. The molecule has 2 fully saturated rings. The zero-order valence-electron chi connectivity index (χ0n) is 13.9. The normalized spacial score (nSPS) is 35.4. The van der Waals surface area contributed by atoms with Gasteiger partial charge in [-0.1, -0.05) is 24.3 Å². The van der Waals surface area contributed by atoms with E-state index < -0.39 is 5.60 Å². The lowest BCUT2D eigenvalue weighted by Gasteiger charge is -2.39. The third-order valence-corrected chi connectivity index (χ3v) is 5.85. The van der Waals surface area contributed by atoms with Crippen molar-refractivity contribution in [3.63, 3.8) is 0 Å². The fourth-order valence-electron chi connectivity index (χ4n) is 4.86. The zero-order valence-corrected chi connectivity index (χ0v) is 13.9. The third kappa shape index (κ3) is 2.53. The van der Waals surface area contributed by atoms with E-state index in [9.17, 15) is 9.90 Å². The smallest absolute Gasteiger partial charge is 0.410 e. The van der Waals surface area contributed by atoms with Gasteiger partial charge in [-0.3, -0.25) is 0 Å². The minimum atomic E-state index is -0.540. The van der Waals surface area contributed by atoms with Gasteiger partial charge in [0.15, 0.2) is 0 Å². The van der Waals surface area contributed by atoms with E-state index in [2.05, 4.69) is 18.2 Å². The van der Waals surface area contributed by atoms with E-state index in [0.717, 1.165) is 19.4 Å². The molecule has 1 N–H and O–H groups in total. The lowest BCUT2D eigenvalue weighted by molar-refractivity contribution is 0.0143. The Hall–Kier alpha value is -1.55. The van der Waals surface area contributed by atoms with E-state index in [-0.39, 0.29) is 18.1 Å². The van der Waals surface area contributed by atoms with Gasteiger partial charge in [-0.05, 0) is 49.7 Å². The van der Waals surface area contributed by atoms with Crippen molar-refractivity contribution < 1.29 is 14.6 Å². The summed E-state index contributed by atoms with van der Waals surface area (Å²) < 4.78 is 5.80. The maximum absolute atomic E-state index is 12.5. The number of carbonyl (C=O) groups excluding carboxylic acids is 1. The summed E-state index contributed by atoms with van der Waals surface area (Å²) >= 11 is 0. The summed E-state index contributed by atoms with van der Waals surface area (Å²) in [4.78, 5) is 14.4. The predicted molar refractivity (Wildman–Crippen MR) is 87.2 cm³/mol. The average Bonchev–Trinajstić information content (AvgIpc) is 2.91. The standard InChI is InChI=1S/C19H25NO3/c1-19(2)9-12-5-3-4-6-14(12)17-15-11-20(18(22)23-19)10-13(15)7-8-16(17)21/h3-6,13,15-17,21H,7-11H2,1-2H3/t13-,15?,16+,17+/m1/s1. The van der Waals surface area contributed by atoms with Crippen LogP contribution in [-0.4, -0.2) is 40.9 Å². The lowest BCUT2D eigenvalue weighted by atomic mass is 9.68. The molecule has 4 heteroatoms. The second-order valence-corrected chi connectivity index (χ2v) is 8.00. The van der Waals surface area contributed by atoms with Crippen LogP contribution < -0.4 is 0 Å².